The van der Waals surface area contributed by atoms with Gasteiger partial charge in [0.2, 0.25) is 0 Å². The number of nitrogens with one attached hydrogen (secondary N) is 1. The molecule has 0 aliphatic carbocycles. The topological polar surface area (TPSA) is 160 Å². The number of amidine groups is 1. The molecule has 2 aromatic carbocycles. The Labute approximate surface area is 320 Å². The molecule has 1 aliphatic heterocycles. The summed E-state index contributed by atoms with van der Waals surface area (Å²) >= 11 is 0. The number of nitrogens with zero attached hydrogens (tertiary/aromatic N) is 5. The molecule has 2 heterocycles. The van der Waals surface area contributed by atoms with E-state index in [1.165, 1.54) is 38.8 Å². The van der Waals surface area contributed by atoms with E-state index in [1.807, 2.05) is 35.2 Å². The van der Waals surface area contributed by atoms with Gasteiger partial charge >= 0.3 is 24.0 Å². The van der Waals surface area contributed by atoms with Crippen molar-refractivity contribution in [3.63, 3.8) is 0 Å². The van der Waals surface area contributed by atoms with Crippen molar-refractivity contribution < 1.29 is 42.6 Å². The average Bonchev–Trinajstić information content (AvgIpc) is 3.58. The van der Waals surface area contributed by atoms with Crippen LogP contribution >= 0.6 is 0 Å². The second kappa shape index (κ2) is 21.3. The van der Waals surface area contributed by atoms with Crippen LogP contribution in [0.2, 0.25) is 0 Å². The number of carbonyl (C=O) groups is 6. The summed E-state index contributed by atoms with van der Waals surface area (Å²) in [6.07, 6.45) is 5.85. The number of ketones is 1. The monoisotopic (exact) mass is 762 g/mol. The summed E-state index contributed by atoms with van der Waals surface area (Å²) in [6.45, 7) is 5.74. The average molecular weight is 763 g/mol. The van der Waals surface area contributed by atoms with Crippen LogP contribution in [0.15, 0.2) is 59.7 Å². The standard InChI is InChI=1S/C40H51FN6O8/c1-4-54-33(48)20-11-7-13-22-42-39(52)43-37(29-16-9-6-10-17-29)45-24-26-46(27-25-45)38(51)36(50)30-28-47(32-19-15-18-31(41)35(30)32)40(53)44(3)23-14-8-12-21-34(49)55-5-2/h6,9-10,15-19,28H,4-5,7-8,11-14,20-27H2,1-3H3,(H,42,52)/b43-37+. The zero-order chi connectivity index (χ0) is 39.7. The summed E-state index contributed by atoms with van der Waals surface area (Å²) < 4.78 is 26.3. The van der Waals surface area contributed by atoms with Crippen molar-refractivity contribution >= 4 is 52.4 Å². The molecule has 4 amide bonds. The van der Waals surface area contributed by atoms with E-state index in [9.17, 15) is 28.8 Å². The third kappa shape index (κ3) is 11.9. The second-order valence-electron chi connectivity index (χ2n) is 13.1. The van der Waals surface area contributed by atoms with Gasteiger partial charge < -0.3 is 29.5 Å². The van der Waals surface area contributed by atoms with Crippen molar-refractivity contribution in [1.29, 1.82) is 0 Å². The summed E-state index contributed by atoms with van der Waals surface area (Å²) in [7, 11) is 1.60. The highest BCUT2D eigenvalue weighted by molar-refractivity contribution is 6.45. The van der Waals surface area contributed by atoms with Crippen LogP contribution in [-0.4, -0.2) is 120 Å². The highest BCUT2D eigenvalue weighted by Gasteiger charge is 2.32. The van der Waals surface area contributed by atoms with Crippen molar-refractivity contribution in [3.8, 4) is 0 Å². The minimum atomic E-state index is -0.935. The molecule has 55 heavy (non-hydrogen) atoms. The van der Waals surface area contributed by atoms with Crippen molar-refractivity contribution in [1.82, 2.24) is 24.6 Å². The summed E-state index contributed by atoms with van der Waals surface area (Å²) in [5.74, 6) is -2.57. The molecule has 296 valence electrons. The Hall–Kier alpha value is -5.60. The molecule has 0 radical (unpaired) electrons. The molecular weight excluding hydrogens is 711 g/mol. The first kappa shape index (κ1) is 42.1. The van der Waals surface area contributed by atoms with E-state index in [-0.39, 0.29) is 54.6 Å². The van der Waals surface area contributed by atoms with Crippen molar-refractivity contribution in [3.05, 3.63) is 71.7 Å². The lowest BCUT2D eigenvalue weighted by Crippen LogP contribution is -2.52. The quantitative estimate of drug-likeness (QED) is 0.0474. The van der Waals surface area contributed by atoms with Gasteiger partial charge in [-0.1, -0.05) is 49.2 Å². The second-order valence-corrected chi connectivity index (χ2v) is 13.1. The first-order valence-electron chi connectivity index (χ1n) is 18.9. The molecule has 4 rings (SSSR count). The number of aromatic nitrogens is 1. The Morgan fingerprint density at radius 3 is 2.04 bits per heavy atom. The molecule has 0 spiro atoms. The molecule has 1 N–H and O–H groups in total. The van der Waals surface area contributed by atoms with Crippen molar-refractivity contribution in [2.75, 3.05) is 59.5 Å². The van der Waals surface area contributed by atoms with Gasteiger partial charge in [0.05, 0.1) is 24.3 Å². The van der Waals surface area contributed by atoms with Gasteiger partial charge in [-0.3, -0.25) is 23.7 Å². The van der Waals surface area contributed by atoms with E-state index in [0.717, 1.165) is 6.42 Å². The number of urea groups is 1. The van der Waals surface area contributed by atoms with Crippen LogP contribution < -0.4 is 5.32 Å². The summed E-state index contributed by atoms with van der Waals surface area (Å²) in [6, 6.07) is 12.3. The number of hydrogen-bond acceptors (Lipinski definition) is 8. The molecule has 15 heteroatoms. The third-order valence-corrected chi connectivity index (χ3v) is 9.18. The summed E-state index contributed by atoms with van der Waals surface area (Å²) in [5.41, 5.74) is 0.664. The van der Waals surface area contributed by atoms with Crippen LogP contribution in [0.3, 0.4) is 0 Å². The number of amides is 4. The van der Waals surface area contributed by atoms with E-state index in [0.29, 0.717) is 82.6 Å². The summed E-state index contributed by atoms with van der Waals surface area (Å²) in [4.78, 5) is 85.9. The Morgan fingerprint density at radius 1 is 0.782 bits per heavy atom. The molecule has 1 aromatic heterocycles. The Morgan fingerprint density at radius 2 is 1.40 bits per heavy atom. The molecule has 1 saturated heterocycles. The highest BCUT2D eigenvalue weighted by atomic mass is 19.1. The molecule has 0 unspecified atom stereocenters. The fourth-order valence-electron chi connectivity index (χ4n) is 6.30. The van der Waals surface area contributed by atoms with Crippen LogP contribution in [0, 0.1) is 5.82 Å². The van der Waals surface area contributed by atoms with E-state index in [2.05, 4.69) is 10.3 Å². The molecule has 3 aromatic rings. The first-order chi connectivity index (χ1) is 26.5. The molecule has 0 bridgehead atoms. The molecule has 1 aliphatic rings. The van der Waals surface area contributed by atoms with Crippen molar-refractivity contribution in [2.24, 2.45) is 4.99 Å². The fourth-order valence-corrected chi connectivity index (χ4v) is 6.30. The number of ether oxygens (including phenoxy) is 2. The number of carbonyl (C=O) groups excluding carboxylic acids is 6. The van der Waals surface area contributed by atoms with Gasteiger partial charge in [0.15, 0.2) is 0 Å². The van der Waals surface area contributed by atoms with Crippen LogP contribution in [0.1, 0.15) is 81.1 Å². The number of benzene rings is 2. The van der Waals surface area contributed by atoms with Gasteiger partial charge in [-0.25, -0.2) is 14.0 Å². The number of esters is 2. The molecule has 0 saturated carbocycles. The van der Waals surface area contributed by atoms with E-state index in [4.69, 9.17) is 9.47 Å². The van der Waals surface area contributed by atoms with Crippen LogP contribution in [-0.2, 0) is 23.9 Å². The molecular formula is C40H51FN6O8. The lowest BCUT2D eigenvalue weighted by molar-refractivity contribution is -0.144. The number of unbranched alkanes of at least 4 members (excludes halogenated alkanes) is 4. The first-order valence-corrected chi connectivity index (χ1v) is 18.9. The number of fused-ring (bicyclic) bond motifs is 1. The maximum absolute atomic E-state index is 15.3. The summed E-state index contributed by atoms with van der Waals surface area (Å²) in [5, 5.41) is 2.69. The van der Waals surface area contributed by atoms with Crippen LogP contribution in [0.25, 0.3) is 10.9 Å². The maximum atomic E-state index is 15.3. The van der Waals surface area contributed by atoms with E-state index >= 15 is 4.39 Å². The normalized spacial score (nSPS) is 13.1. The number of piperazine rings is 1. The predicted molar refractivity (Wildman–Crippen MR) is 204 cm³/mol. The number of aliphatic imine (C=N–C) groups is 1. The van der Waals surface area contributed by atoms with Crippen molar-refractivity contribution in [2.45, 2.75) is 65.2 Å². The Bertz CT molecular complexity index is 1840. The van der Waals surface area contributed by atoms with Gasteiger partial charge in [0.25, 0.3) is 11.7 Å². The van der Waals surface area contributed by atoms with E-state index < -0.39 is 29.6 Å². The van der Waals surface area contributed by atoms with Gasteiger partial charge in [0, 0.05) is 76.3 Å². The minimum Gasteiger partial charge on any atom is -0.466 e. The SMILES string of the molecule is CCOC(=O)CCCCCNC(=O)/N=C(\c1ccccc1)N1CCN(C(=O)C(=O)c2cn(C(=O)N(C)CCCCCC(=O)OCC)c3cccc(F)c23)CC1. The number of Topliss-reactive ketones (excluding diaryl/α,β-unsaturated/α-hetero) is 1. The van der Waals surface area contributed by atoms with Crippen LogP contribution in [0.4, 0.5) is 14.0 Å². The fraction of sp³-hybridized carbons (Fsp3) is 0.475. The maximum Gasteiger partial charge on any atom is 0.342 e. The number of halogens is 1. The smallest absolute Gasteiger partial charge is 0.342 e. The largest absolute Gasteiger partial charge is 0.466 e. The van der Waals surface area contributed by atoms with Crippen LogP contribution in [0.5, 0.6) is 0 Å². The van der Waals surface area contributed by atoms with E-state index in [1.54, 1.807) is 20.9 Å². The number of hydrogen-bond donors (Lipinski definition) is 1. The third-order valence-electron chi connectivity index (χ3n) is 9.18. The van der Waals surface area contributed by atoms with Gasteiger partial charge in [-0.15, -0.1) is 0 Å². The number of rotatable bonds is 17. The van der Waals surface area contributed by atoms with Gasteiger partial charge in [0.1, 0.15) is 11.7 Å². The lowest BCUT2D eigenvalue weighted by atomic mass is 10.1. The predicted octanol–water partition coefficient (Wildman–Crippen LogP) is 5.41. The minimum absolute atomic E-state index is 0.112. The zero-order valence-corrected chi connectivity index (χ0v) is 31.9. The molecule has 14 nitrogen and oxygen atoms in total. The van der Waals surface area contributed by atoms with Gasteiger partial charge in [-0.2, -0.15) is 4.99 Å². The van der Waals surface area contributed by atoms with Gasteiger partial charge in [-0.05, 0) is 51.7 Å². The molecule has 0 atom stereocenters. The molecule has 1 fully saturated rings. The lowest BCUT2D eigenvalue weighted by Gasteiger charge is -2.36. The Kier molecular flexibility index (Phi) is 16.3. The zero-order valence-electron chi connectivity index (χ0n) is 31.9. The Balaban J connectivity index is 1.38. The highest BCUT2D eigenvalue weighted by Crippen LogP contribution is 2.26.